The molecule has 0 saturated carbocycles. The van der Waals surface area contributed by atoms with Gasteiger partial charge in [0.25, 0.3) is 0 Å². The van der Waals surface area contributed by atoms with E-state index in [1.807, 2.05) is 0 Å². The number of hydrogen-bond donors (Lipinski definition) is 0. The molecular weight excluding hydrogens is 410 g/mol. The average Bonchev–Trinajstić information content (AvgIpc) is 2.58. The zero-order valence-electron chi connectivity index (χ0n) is 15.9. The largest absolute Gasteiger partial charge is 0.463 e. The van der Waals surface area contributed by atoms with Crippen molar-refractivity contribution >= 4 is 41.3 Å². The first-order valence-electron chi connectivity index (χ1n) is 8.58. The number of carbonyl (C=O) groups excluding carboxylic acids is 3. The van der Waals surface area contributed by atoms with Crippen LogP contribution in [0.4, 0.5) is 0 Å². The lowest BCUT2D eigenvalue weighted by Gasteiger charge is -2.43. The minimum atomic E-state index is -0.754. The van der Waals surface area contributed by atoms with Gasteiger partial charge >= 0.3 is 17.9 Å². The van der Waals surface area contributed by atoms with Crippen LogP contribution in [-0.2, 0) is 33.3 Å². The lowest BCUT2D eigenvalue weighted by molar-refractivity contribution is -0.212. The van der Waals surface area contributed by atoms with Gasteiger partial charge in [0, 0.05) is 44.0 Å². The maximum atomic E-state index is 11.6. The van der Waals surface area contributed by atoms with Crippen LogP contribution in [-0.4, -0.2) is 53.2 Å². The van der Waals surface area contributed by atoms with Crippen molar-refractivity contribution in [2.45, 2.75) is 56.3 Å². The molecule has 1 aliphatic rings. The van der Waals surface area contributed by atoms with E-state index in [4.69, 9.17) is 30.5 Å². The number of nitrogens with zero attached hydrogens (tertiary/aromatic N) is 1. The molecular formula is C18H22ClNO7S. The van der Waals surface area contributed by atoms with Crippen LogP contribution in [0.25, 0.3) is 0 Å². The summed E-state index contributed by atoms with van der Waals surface area (Å²) in [6.45, 7) is 5.53. The zero-order valence-corrected chi connectivity index (χ0v) is 17.5. The molecule has 0 bridgehead atoms. The molecule has 0 N–H and O–H groups in total. The molecule has 1 aromatic heterocycles. The van der Waals surface area contributed by atoms with Gasteiger partial charge in [0.1, 0.15) is 30.4 Å². The van der Waals surface area contributed by atoms with Crippen molar-refractivity contribution in [3.8, 4) is 0 Å². The highest BCUT2D eigenvalue weighted by molar-refractivity contribution is 7.99. The van der Waals surface area contributed by atoms with Crippen LogP contribution < -0.4 is 0 Å². The van der Waals surface area contributed by atoms with Gasteiger partial charge in [-0.25, -0.2) is 0 Å². The summed E-state index contributed by atoms with van der Waals surface area (Å²) in [4.78, 5) is 39.2. The number of halogens is 1. The van der Waals surface area contributed by atoms with Crippen molar-refractivity contribution in [3.63, 3.8) is 0 Å². The van der Waals surface area contributed by atoms with Crippen LogP contribution in [0, 0.1) is 5.92 Å². The molecule has 0 amide bonds. The first-order chi connectivity index (χ1) is 13.2. The van der Waals surface area contributed by atoms with E-state index in [2.05, 4.69) is 4.98 Å². The Morgan fingerprint density at radius 2 is 1.75 bits per heavy atom. The van der Waals surface area contributed by atoms with Crippen LogP contribution in [0.5, 0.6) is 0 Å². The second kappa shape index (κ2) is 10.1. The standard InChI is InChI=1S/C18H22ClNO7S/c1-9-16(25-11(3)22)15(8-24-10(2)21)27-18(17(9)26-12(4)23)28-14-5-13(19)6-20-7-14/h5-7,9,15-18H,8H2,1-4H3/t9?,15?,16-,17?,18-/m1/s1. The maximum absolute atomic E-state index is 11.6. The first-order valence-corrected chi connectivity index (χ1v) is 9.83. The molecule has 5 atom stereocenters. The number of thioether (sulfide) groups is 1. The topological polar surface area (TPSA) is 101 Å². The quantitative estimate of drug-likeness (QED) is 0.496. The molecule has 1 aliphatic heterocycles. The van der Waals surface area contributed by atoms with E-state index in [0.717, 1.165) is 0 Å². The Bertz CT molecular complexity index is 730. The summed E-state index contributed by atoms with van der Waals surface area (Å²) in [7, 11) is 0. The van der Waals surface area contributed by atoms with E-state index in [-0.39, 0.29) is 6.61 Å². The molecule has 0 spiro atoms. The minimum absolute atomic E-state index is 0.102. The van der Waals surface area contributed by atoms with Crippen molar-refractivity contribution in [1.82, 2.24) is 4.98 Å². The van der Waals surface area contributed by atoms with Crippen LogP contribution in [0.2, 0.25) is 5.02 Å². The maximum Gasteiger partial charge on any atom is 0.303 e. The molecule has 8 nitrogen and oxygen atoms in total. The zero-order chi connectivity index (χ0) is 20.8. The van der Waals surface area contributed by atoms with Gasteiger partial charge in [0.05, 0.1) is 5.02 Å². The summed E-state index contributed by atoms with van der Waals surface area (Å²) in [5.74, 6) is -1.90. The number of esters is 3. The molecule has 10 heteroatoms. The Balaban J connectivity index is 2.29. The molecule has 0 aromatic carbocycles. The van der Waals surface area contributed by atoms with Crippen molar-refractivity contribution < 1.29 is 33.3 Å². The third kappa shape index (κ3) is 6.35. The summed E-state index contributed by atoms with van der Waals surface area (Å²) < 4.78 is 22.0. The number of carbonyl (C=O) groups is 3. The van der Waals surface area contributed by atoms with Crippen LogP contribution in [0.1, 0.15) is 27.7 Å². The fourth-order valence-electron chi connectivity index (χ4n) is 2.85. The normalized spacial score (nSPS) is 27.0. The van der Waals surface area contributed by atoms with Gasteiger partial charge in [-0.3, -0.25) is 19.4 Å². The smallest absolute Gasteiger partial charge is 0.303 e. The van der Waals surface area contributed by atoms with Crippen LogP contribution >= 0.6 is 23.4 Å². The molecule has 1 aromatic rings. The van der Waals surface area contributed by atoms with E-state index in [1.54, 1.807) is 19.2 Å². The molecule has 0 aliphatic carbocycles. The Morgan fingerprint density at radius 1 is 1.11 bits per heavy atom. The highest BCUT2D eigenvalue weighted by Gasteiger charge is 2.48. The van der Waals surface area contributed by atoms with Crippen LogP contribution in [0.15, 0.2) is 23.4 Å². The van der Waals surface area contributed by atoms with Crippen molar-refractivity contribution in [2.24, 2.45) is 5.92 Å². The highest BCUT2D eigenvalue weighted by Crippen LogP contribution is 2.39. The Hall–Kier alpha value is -1.84. The molecule has 3 unspecified atom stereocenters. The summed E-state index contributed by atoms with van der Waals surface area (Å²) >= 11 is 7.25. The van der Waals surface area contributed by atoms with E-state index < -0.39 is 47.6 Å². The molecule has 28 heavy (non-hydrogen) atoms. The number of ether oxygens (including phenoxy) is 4. The van der Waals surface area contributed by atoms with E-state index in [0.29, 0.717) is 9.92 Å². The van der Waals surface area contributed by atoms with Gasteiger partial charge in [-0.1, -0.05) is 30.3 Å². The monoisotopic (exact) mass is 431 g/mol. The number of aromatic nitrogens is 1. The minimum Gasteiger partial charge on any atom is -0.463 e. The van der Waals surface area contributed by atoms with E-state index in [1.165, 1.54) is 38.7 Å². The fourth-order valence-corrected chi connectivity index (χ4v) is 4.31. The molecule has 2 heterocycles. The highest BCUT2D eigenvalue weighted by atomic mass is 35.5. The van der Waals surface area contributed by atoms with Crippen molar-refractivity contribution in [3.05, 3.63) is 23.5 Å². The lowest BCUT2D eigenvalue weighted by Crippen LogP contribution is -2.56. The molecule has 2 rings (SSSR count). The summed E-state index contributed by atoms with van der Waals surface area (Å²) in [5.41, 5.74) is -0.647. The van der Waals surface area contributed by atoms with Crippen molar-refractivity contribution in [2.75, 3.05) is 6.61 Å². The van der Waals surface area contributed by atoms with E-state index in [9.17, 15) is 14.4 Å². The molecule has 1 saturated heterocycles. The Morgan fingerprint density at radius 3 is 2.32 bits per heavy atom. The van der Waals surface area contributed by atoms with Gasteiger partial charge in [0.2, 0.25) is 0 Å². The fraction of sp³-hybridized carbons (Fsp3) is 0.556. The SMILES string of the molecule is CC(=O)OCC1O[C@H](Sc2cncc(Cl)c2)C(OC(C)=O)C(C)[C@H]1OC(C)=O. The van der Waals surface area contributed by atoms with E-state index >= 15 is 0 Å². The molecule has 154 valence electrons. The second-order valence-electron chi connectivity index (χ2n) is 6.31. The van der Waals surface area contributed by atoms with Gasteiger partial charge in [-0.2, -0.15) is 0 Å². The third-order valence-electron chi connectivity index (χ3n) is 3.97. The van der Waals surface area contributed by atoms with Gasteiger partial charge in [-0.05, 0) is 6.07 Å². The lowest BCUT2D eigenvalue weighted by atomic mass is 9.91. The third-order valence-corrected chi connectivity index (χ3v) is 5.28. The predicted octanol–water partition coefficient (Wildman–Crippen LogP) is 2.61. The van der Waals surface area contributed by atoms with Crippen LogP contribution in [0.3, 0.4) is 0 Å². The summed E-state index contributed by atoms with van der Waals surface area (Å²) in [5, 5.41) is 0.451. The second-order valence-corrected chi connectivity index (χ2v) is 7.92. The van der Waals surface area contributed by atoms with Gasteiger partial charge in [0.15, 0.2) is 0 Å². The molecule has 1 fully saturated rings. The van der Waals surface area contributed by atoms with Gasteiger partial charge in [-0.15, -0.1) is 0 Å². The number of rotatable bonds is 6. The first kappa shape index (κ1) is 22.4. The Labute approximate surface area is 172 Å². The summed E-state index contributed by atoms with van der Waals surface area (Å²) in [6, 6.07) is 1.71. The summed E-state index contributed by atoms with van der Waals surface area (Å²) in [6.07, 6.45) is 0.920. The number of hydrogen-bond acceptors (Lipinski definition) is 9. The number of pyridine rings is 1. The van der Waals surface area contributed by atoms with Crippen molar-refractivity contribution in [1.29, 1.82) is 0 Å². The van der Waals surface area contributed by atoms with Gasteiger partial charge < -0.3 is 18.9 Å². The average molecular weight is 432 g/mol. The molecule has 0 radical (unpaired) electrons. The predicted molar refractivity (Wildman–Crippen MR) is 101 cm³/mol. The Kier molecular flexibility index (Phi) is 8.09.